The molecule has 1 amide bonds. The van der Waals surface area contributed by atoms with Crippen molar-refractivity contribution in [2.75, 3.05) is 0 Å². The summed E-state index contributed by atoms with van der Waals surface area (Å²) in [6, 6.07) is 5.75. The SMILES string of the molecule is CC(=O)NCc1cc([C@H]2CC[C@]3(CC2)OO[C@@](C)(C2CC4CCCC(C4)C2)O3)ccc1O. The molecule has 6 heteroatoms. The number of amides is 1. The lowest BCUT2D eigenvalue weighted by Crippen LogP contribution is -2.45. The van der Waals surface area contributed by atoms with Crippen LogP contribution in [0.5, 0.6) is 5.75 Å². The molecule has 1 heterocycles. The summed E-state index contributed by atoms with van der Waals surface area (Å²) in [4.78, 5) is 23.2. The largest absolute Gasteiger partial charge is 0.508 e. The first-order valence-corrected chi connectivity index (χ1v) is 12.5. The summed E-state index contributed by atoms with van der Waals surface area (Å²) in [6.45, 7) is 3.92. The van der Waals surface area contributed by atoms with Crippen molar-refractivity contribution < 1.29 is 24.4 Å². The minimum atomic E-state index is -0.634. The Morgan fingerprint density at radius 1 is 1.09 bits per heavy atom. The molecule has 1 aromatic carbocycles. The van der Waals surface area contributed by atoms with E-state index < -0.39 is 11.6 Å². The molecule has 4 aliphatic rings. The van der Waals surface area contributed by atoms with Crippen LogP contribution < -0.4 is 5.32 Å². The Bertz CT molecular complexity index is 837. The Labute approximate surface area is 190 Å². The number of rotatable bonds is 4. The van der Waals surface area contributed by atoms with Crippen LogP contribution in [-0.2, 0) is 25.9 Å². The maximum absolute atomic E-state index is 11.2. The van der Waals surface area contributed by atoms with Crippen molar-refractivity contribution in [1.29, 1.82) is 0 Å². The lowest BCUT2D eigenvalue weighted by Gasteiger charge is -2.44. The zero-order chi connectivity index (χ0) is 22.3. The second kappa shape index (κ2) is 8.62. The van der Waals surface area contributed by atoms with E-state index in [9.17, 15) is 9.90 Å². The van der Waals surface area contributed by atoms with E-state index in [1.807, 2.05) is 12.1 Å². The number of phenols is 1. The molecule has 5 rings (SSSR count). The summed E-state index contributed by atoms with van der Waals surface area (Å²) in [7, 11) is 0. The molecule has 3 saturated carbocycles. The highest BCUT2D eigenvalue weighted by molar-refractivity contribution is 5.72. The van der Waals surface area contributed by atoms with Crippen LogP contribution in [-0.4, -0.2) is 22.6 Å². The van der Waals surface area contributed by atoms with Gasteiger partial charge in [0.1, 0.15) is 5.75 Å². The molecular formula is C26H37NO5. The monoisotopic (exact) mass is 443 g/mol. The van der Waals surface area contributed by atoms with Gasteiger partial charge in [0, 0.05) is 37.8 Å². The van der Waals surface area contributed by atoms with Crippen molar-refractivity contribution in [2.45, 2.75) is 102 Å². The molecule has 0 aromatic heterocycles. The lowest BCUT2D eigenvalue weighted by atomic mass is 9.66. The number of phenolic OH excluding ortho intramolecular Hbond substituents is 1. The summed E-state index contributed by atoms with van der Waals surface area (Å²) in [5.41, 5.74) is 1.95. The first kappa shape index (κ1) is 22.2. The molecule has 0 radical (unpaired) electrons. The van der Waals surface area contributed by atoms with Crippen LogP contribution in [0.3, 0.4) is 0 Å². The third-order valence-electron chi connectivity index (χ3n) is 8.47. The van der Waals surface area contributed by atoms with Gasteiger partial charge in [0.2, 0.25) is 17.5 Å². The average molecular weight is 444 g/mol. The summed E-state index contributed by atoms with van der Waals surface area (Å²) in [5, 5.41) is 12.9. The maximum Gasteiger partial charge on any atom is 0.217 e. The van der Waals surface area contributed by atoms with E-state index in [0.717, 1.165) is 43.1 Å². The van der Waals surface area contributed by atoms with Crippen LogP contribution in [0.1, 0.15) is 95.1 Å². The van der Waals surface area contributed by atoms with E-state index in [2.05, 4.69) is 12.2 Å². The van der Waals surface area contributed by atoms with Crippen LogP contribution in [0.15, 0.2) is 18.2 Å². The number of nitrogens with one attached hydrogen (secondary N) is 1. The van der Waals surface area contributed by atoms with Crippen LogP contribution in [0.4, 0.5) is 0 Å². The van der Waals surface area contributed by atoms with E-state index in [1.165, 1.54) is 51.0 Å². The molecule has 176 valence electrons. The van der Waals surface area contributed by atoms with Crippen molar-refractivity contribution in [3.05, 3.63) is 29.3 Å². The minimum Gasteiger partial charge on any atom is -0.508 e. The number of carbonyl (C=O) groups is 1. The van der Waals surface area contributed by atoms with E-state index >= 15 is 0 Å². The van der Waals surface area contributed by atoms with Gasteiger partial charge >= 0.3 is 0 Å². The van der Waals surface area contributed by atoms with Gasteiger partial charge in [-0.15, -0.1) is 0 Å². The molecule has 6 nitrogen and oxygen atoms in total. The molecular weight excluding hydrogens is 406 g/mol. The van der Waals surface area contributed by atoms with Gasteiger partial charge in [-0.25, -0.2) is 0 Å². The second-order valence-electron chi connectivity index (χ2n) is 10.8. The van der Waals surface area contributed by atoms with Gasteiger partial charge in [0.05, 0.1) is 0 Å². The predicted octanol–water partition coefficient (Wildman–Crippen LogP) is 5.29. The predicted molar refractivity (Wildman–Crippen MR) is 119 cm³/mol. The highest BCUT2D eigenvalue weighted by Crippen LogP contribution is 2.53. The van der Waals surface area contributed by atoms with Crippen molar-refractivity contribution in [3.8, 4) is 5.75 Å². The lowest BCUT2D eigenvalue weighted by molar-refractivity contribution is -0.361. The molecule has 2 N–H and O–H groups in total. The van der Waals surface area contributed by atoms with E-state index in [-0.39, 0.29) is 11.7 Å². The Morgan fingerprint density at radius 3 is 2.50 bits per heavy atom. The molecule has 3 atom stereocenters. The Morgan fingerprint density at radius 2 is 1.81 bits per heavy atom. The minimum absolute atomic E-state index is 0.102. The summed E-state index contributed by atoms with van der Waals surface area (Å²) in [6.07, 6.45) is 11.4. The Balaban J connectivity index is 1.21. The molecule has 2 unspecified atom stereocenters. The van der Waals surface area contributed by atoms with Crippen molar-refractivity contribution in [3.63, 3.8) is 0 Å². The Kier molecular flexibility index (Phi) is 5.97. The van der Waals surface area contributed by atoms with E-state index in [4.69, 9.17) is 14.5 Å². The maximum atomic E-state index is 11.2. The van der Waals surface area contributed by atoms with Crippen molar-refractivity contribution in [1.82, 2.24) is 5.32 Å². The molecule has 1 spiro atoms. The molecule has 32 heavy (non-hydrogen) atoms. The van der Waals surface area contributed by atoms with Crippen LogP contribution in [0, 0.1) is 17.8 Å². The third-order valence-corrected chi connectivity index (χ3v) is 8.47. The number of carbonyl (C=O) groups excluding carboxylic acids is 1. The quantitative estimate of drug-likeness (QED) is 0.618. The fraction of sp³-hybridized carbons (Fsp3) is 0.731. The van der Waals surface area contributed by atoms with Crippen LogP contribution >= 0.6 is 0 Å². The van der Waals surface area contributed by atoms with Gasteiger partial charge in [-0.05, 0) is 68.4 Å². The van der Waals surface area contributed by atoms with E-state index in [1.54, 1.807) is 6.07 Å². The summed E-state index contributed by atoms with van der Waals surface area (Å²) < 4.78 is 6.64. The van der Waals surface area contributed by atoms with Gasteiger partial charge in [0.15, 0.2) is 0 Å². The van der Waals surface area contributed by atoms with Crippen molar-refractivity contribution in [2.24, 2.45) is 17.8 Å². The molecule has 1 saturated heterocycles. The standard InChI is InChI=1S/C26H37NO5/c1-17(28)27-16-22-15-21(6-7-24(22)29)20-8-10-26(11-9-20)30-25(2,31-32-26)23-13-18-4-3-5-19(12-18)14-23/h6-7,15,18-20,23,29H,3-5,8-14,16H2,1-2H3,(H,27,28)/t18?,19?,20-,23?,25-,26+/m0/s1. The molecule has 4 fully saturated rings. The number of benzene rings is 1. The topological polar surface area (TPSA) is 77.0 Å². The van der Waals surface area contributed by atoms with Gasteiger partial charge in [-0.1, -0.05) is 31.4 Å². The zero-order valence-corrected chi connectivity index (χ0v) is 19.4. The van der Waals surface area contributed by atoms with Crippen LogP contribution in [0.2, 0.25) is 0 Å². The molecule has 2 bridgehead atoms. The zero-order valence-electron chi connectivity index (χ0n) is 19.4. The number of hydrogen-bond donors (Lipinski definition) is 2. The first-order valence-electron chi connectivity index (χ1n) is 12.5. The van der Waals surface area contributed by atoms with Crippen molar-refractivity contribution >= 4 is 5.91 Å². The Hall–Kier alpha value is -1.63. The normalized spacial score (nSPS) is 39.2. The first-order chi connectivity index (χ1) is 15.3. The highest BCUT2D eigenvalue weighted by atomic mass is 17.3. The third kappa shape index (κ3) is 4.42. The van der Waals surface area contributed by atoms with Gasteiger partial charge in [-0.3, -0.25) is 4.79 Å². The molecule has 3 aliphatic carbocycles. The summed E-state index contributed by atoms with van der Waals surface area (Å²) in [5.74, 6) is 1.30. The number of hydrogen-bond acceptors (Lipinski definition) is 5. The van der Waals surface area contributed by atoms with Crippen LogP contribution in [0.25, 0.3) is 0 Å². The number of aromatic hydroxyl groups is 1. The highest BCUT2D eigenvalue weighted by Gasteiger charge is 2.56. The van der Waals surface area contributed by atoms with Gasteiger partial charge in [-0.2, -0.15) is 9.78 Å². The molecule has 1 aromatic rings. The van der Waals surface area contributed by atoms with E-state index in [0.29, 0.717) is 18.4 Å². The molecule has 1 aliphatic heterocycles. The fourth-order valence-electron chi connectivity index (χ4n) is 6.67. The average Bonchev–Trinajstić information content (AvgIpc) is 3.11. The number of ether oxygens (including phenoxy) is 1. The van der Waals surface area contributed by atoms with Gasteiger partial charge in [0.25, 0.3) is 0 Å². The van der Waals surface area contributed by atoms with Gasteiger partial charge < -0.3 is 15.2 Å². The second-order valence-corrected chi connectivity index (χ2v) is 10.8. The fourth-order valence-corrected chi connectivity index (χ4v) is 6.67. The smallest absolute Gasteiger partial charge is 0.217 e. The number of fused-ring (bicyclic) bond motifs is 2. The summed E-state index contributed by atoms with van der Waals surface area (Å²) >= 11 is 0.